The van der Waals surface area contributed by atoms with Gasteiger partial charge in [-0.25, -0.2) is 9.37 Å². The first-order chi connectivity index (χ1) is 10.2. The minimum absolute atomic E-state index is 0.359. The highest BCUT2D eigenvalue weighted by molar-refractivity contribution is 6.30. The van der Waals surface area contributed by atoms with Gasteiger partial charge in [0.25, 0.3) is 0 Å². The molecule has 2 rings (SSSR count). The molecule has 0 amide bonds. The normalized spacial score (nSPS) is 11.0. The summed E-state index contributed by atoms with van der Waals surface area (Å²) < 4.78 is 24.3. The number of halogens is 2. The van der Waals surface area contributed by atoms with Gasteiger partial charge in [0, 0.05) is 25.1 Å². The number of hydrogen-bond acceptors (Lipinski definition) is 4. The molecule has 0 unspecified atom stereocenters. The van der Waals surface area contributed by atoms with Gasteiger partial charge in [0.1, 0.15) is 5.82 Å². The average Bonchev–Trinajstić information content (AvgIpc) is 2.91. The Kier molecular flexibility index (Phi) is 6.17. The van der Waals surface area contributed by atoms with E-state index in [1.54, 1.807) is 25.4 Å². The summed E-state index contributed by atoms with van der Waals surface area (Å²) in [6.07, 6.45) is 3.14. The zero-order valence-corrected chi connectivity index (χ0v) is 12.6. The molecule has 0 fully saturated rings. The van der Waals surface area contributed by atoms with Crippen molar-refractivity contribution in [1.82, 2.24) is 10.3 Å². The molecule has 6 heteroatoms. The van der Waals surface area contributed by atoms with Crippen molar-refractivity contribution < 1.29 is 13.5 Å². The molecule has 2 aromatic rings. The fourth-order valence-electron chi connectivity index (χ4n) is 1.90. The Balaban J connectivity index is 1.86. The van der Waals surface area contributed by atoms with Crippen LogP contribution in [0.25, 0.3) is 11.3 Å². The number of hydrogen-bond donors (Lipinski definition) is 1. The molecular weight excluding hydrogens is 295 g/mol. The quantitative estimate of drug-likeness (QED) is 0.760. The number of oxazole rings is 1. The van der Waals surface area contributed by atoms with E-state index in [1.807, 2.05) is 0 Å². The van der Waals surface area contributed by atoms with Crippen LogP contribution in [0, 0.1) is 5.82 Å². The van der Waals surface area contributed by atoms with Crippen LogP contribution in [-0.2, 0) is 11.2 Å². The highest BCUT2D eigenvalue weighted by Gasteiger charge is 2.11. The molecule has 21 heavy (non-hydrogen) atoms. The van der Waals surface area contributed by atoms with Gasteiger partial charge < -0.3 is 14.5 Å². The van der Waals surface area contributed by atoms with E-state index in [0.717, 1.165) is 19.5 Å². The molecule has 0 bridgehead atoms. The fraction of sp³-hybridized carbons (Fsp3) is 0.400. The second kappa shape index (κ2) is 8.12. The second-order valence-electron chi connectivity index (χ2n) is 4.59. The van der Waals surface area contributed by atoms with Gasteiger partial charge in [0.2, 0.25) is 0 Å². The molecule has 1 aromatic carbocycles. The molecule has 0 saturated heterocycles. The number of nitrogens with zero attached hydrogens (tertiary/aromatic N) is 1. The highest BCUT2D eigenvalue weighted by atomic mass is 35.5. The van der Waals surface area contributed by atoms with E-state index in [0.29, 0.717) is 35.3 Å². The van der Waals surface area contributed by atoms with Crippen molar-refractivity contribution in [2.75, 3.05) is 26.8 Å². The molecule has 0 radical (unpaired) electrons. The summed E-state index contributed by atoms with van der Waals surface area (Å²) in [5, 5.41) is 3.60. The second-order valence-corrected chi connectivity index (χ2v) is 5.03. The maximum absolute atomic E-state index is 13.8. The number of nitrogens with one attached hydrogen (secondary N) is 1. The van der Waals surface area contributed by atoms with Gasteiger partial charge in [-0.2, -0.15) is 0 Å². The number of benzene rings is 1. The van der Waals surface area contributed by atoms with Gasteiger partial charge in [-0.1, -0.05) is 11.6 Å². The Morgan fingerprint density at radius 3 is 3.00 bits per heavy atom. The van der Waals surface area contributed by atoms with Crippen LogP contribution >= 0.6 is 11.6 Å². The number of ether oxygens (including phenoxy) is 1. The van der Waals surface area contributed by atoms with Crippen LogP contribution in [0.3, 0.4) is 0 Å². The average molecular weight is 313 g/mol. The summed E-state index contributed by atoms with van der Waals surface area (Å²) >= 11 is 5.73. The molecule has 1 heterocycles. The van der Waals surface area contributed by atoms with Crippen LogP contribution in [0.2, 0.25) is 5.02 Å². The van der Waals surface area contributed by atoms with Crippen molar-refractivity contribution in [3.63, 3.8) is 0 Å². The molecule has 114 valence electrons. The summed E-state index contributed by atoms with van der Waals surface area (Å²) in [5.74, 6) is 0.617. The third-order valence-corrected chi connectivity index (χ3v) is 3.21. The summed E-state index contributed by atoms with van der Waals surface area (Å²) in [5.41, 5.74) is 0.372. The van der Waals surface area contributed by atoms with Crippen LogP contribution in [0.1, 0.15) is 12.3 Å². The minimum atomic E-state index is -0.411. The first-order valence-corrected chi connectivity index (χ1v) is 7.18. The predicted octanol–water partition coefficient (Wildman–Crippen LogP) is 3.30. The maximum Gasteiger partial charge on any atom is 0.194 e. The third kappa shape index (κ3) is 4.81. The van der Waals surface area contributed by atoms with Gasteiger partial charge in [-0.15, -0.1) is 0 Å². The van der Waals surface area contributed by atoms with Crippen molar-refractivity contribution in [1.29, 1.82) is 0 Å². The van der Waals surface area contributed by atoms with Gasteiger partial charge in [0.15, 0.2) is 11.7 Å². The lowest BCUT2D eigenvalue weighted by Gasteiger charge is -2.02. The Bertz CT molecular complexity index is 575. The van der Waals surface area contributed by atoms with Gasteiger partial charge in [0.05, 0.1) is 18.4 Å². The van der Waals surface area contributed by atoms with Crippen LogP contribution in [0.5, 0.6) is 0 Å². The maximum atomic E-state index is 13.8. The summed E-state index contributed by atoms with van der Waals surface area (Å²) in [6.45, 7) is 2.37. The van der Waals surface area contributed by atoms with Crippen molar-refractivity contribution in [2.45, 2.75) is 12.8 Å². The number of rotatable bonds is 8. The van der Waals surface area contributed by atoms with Gasteiger partial charge in [-0.05, 0) is 31.2 Å². The van der Waals surface area contributed by atoms with Crippen molar-refractivity contribution in [2.24, 2.45) is 0 Å². The molecule has 4 nitrogen and oxygen atoms in total. The predicted molar refractivity (Wildman–Crippen MR) is 80.0 cm³/mol. The third-order valence-electron chi connectivity index (χ3n) is 2.98. The Morgan fingerprint density at radius 2 is 2.24 bits per heavy atom. The lowest BCUT2D eigenvalue weighted by Crippen LogP contribution is -2.20. The Hall–Kier alpha value is -1.43. The topological polar surface area (TPSA) is 47.3 Å². The smallest absolute Gasteiger partial charge is 0.194 e. The summed E-state index contributed by atoms with van der Waals surface area (Å²) in [4.78, 5) is 4.17. The number of aromatic nitrogens is 1. The van der Waals surface area contributed by atoms with Crippen LogP contribution in [0.4, 0.5) is 4.39 Å². The zero-order chi connectivity index (χ0) is 15.1. The van der Waals surface area contributed by atoms with Crippen molar-refractivity contribution in [3.05, 3.63) is 41.1 Å². The molecule has 1 N–H and O–H groups in total. The Morgan fingerprint density at radius 1 is 1.38 bits per heavy atom. The van der Waals surface area contributed by atoms with E-state index in [2.05, 4.69) is 10.3 Å². The van der Waals surface area contributed by atoms with Crippen LogP contribution in [-0.4, -0.2) is 31.8 Å². The van der Waals surface area contributed by atoms with E-state index in [1.165, 1.54) is 6.07 Å². The highest BCUT2D eigenvalue weighted by Crippen LogP contribution is 2.26. The van der Waals surface area contributed by atoms with Crippen molar-refractivity contribution in [3.8, 4) is 11.3 Å². The standard InChI is InChI=1S/C15H18ClFN2O2/c1-20-8-7-18-6-2-3-15-19-10-14(21-15)12-5-4-11(16)9-13(12)17/h4-5,9-10,18H,2-3,6-8H2,1H3. The van der Waals surface area contributed by atoms with E-state index in [-0.39, 0.29) is 0 Å². The molecular formula is C15H18ClFN2O2. The van der Waals surface area contributed by atoms with Gasteiger partial charge in [-0.3, -0.25) is 0 Å². The molecule has 0 aliphatic rings. The van der Waals surface area contributed by atoms with Gasteiger partial charge >= 0.3 is 0 Å². The molecule has 0 atom stereocenters. The molecule has 0 saturated carbocycles. The van der Waals surface area contributed by atoms with E-state index in [9.17, 15) is 4.39 Å². The van der Waals surface area contributed by atoms with Crippen LogP contribution < -0.4 is 5.32 Å². The zero-order valence-electron chi connectivity index (χ0n) is 11.9. The lowest BCUT2D eigenvalue weighted by atomic mass is 10.2. The largest absolute Gasteiger partial charge is 0.441 e. The van der Waals surface area contributed by atoms with Crippen molar-refractivity contribution >= 4 is 11.6 Å². The number of aryl methyl sites for hydroxylation is 1. The summed E-state index contributed by atoms with van der Waals surface area (Å²) in [6, 6.07) is 4.48. The van der Waals surface area contributed by atoms with Crippen LogP contribution in [0.15, 0.2) is 28.8 Å². The first-order valence-electron chi connectivity index (χ1n) is 6.80. The molecule has 0 aliphatic heterocycles. The minimum Gasteiger partial charge on any atom is -0.441 e. The Labute approximate surface area is 128 Å². The van der Waals surface area contributed by atoms with E-state index >= 15 is 0 Å². The molecule has 0 aliphatic carbocycles. The van der Waals surface area contributed by atoms with E-state index < -0.39 is 5.82 Å². The number of methoxy groups -OCH3 is 1. The lowest BCUT2D eigenvalue weighted by molar-refractivity contribution is 0.199. The fourth-order valence-corrected chi connectivity index (χ4v) is 2.06. The monoisotopic (exact) mass is 312 g/mol. The van der Waals surface area contributed by atoms with E-state index in [4.69, 9.17) is 20.8 Å². The molecule has 0 spiro atoms. The first kappa shape index (κ1) is 15.9. The molecule has 1 aromatic heterocycles. The summed E-state index contributed by atoms with van der Waals surface area (Å²) in [7, 11) is 1.67. The SMILES string of the molecule is COCCNCCCc1ncc(-c2ccc(Cl)cc2F)o1.